The molecule has 0 amide bonds. The van der Waals surface area contributed by atoms with Crippen LogP contribution in [-0.2, 0) is 0 Å². The first-order valence-electron chi connectivity index (χ1n) is 10.3. The third-order valence-corrected chi connectivity index (χ3v) is 6.01. The van der Waals surface area contributed by atoms with Gasteiger partial charge < -0.3 is 9.64 Å². The molecule has 6 nitrogen and oxygen atoms in total. The van der Waals surface area contributed by atoms with Gasteiger partial charge in [0.2, 0.25) is 5.95 Å². The quantitative estimate of drug-likeness (QED) is 0.507. The number of anilines is 1. The first kappa shape index (κ1) is 17.9. The number of benzene rings is 2. The molecule has 2 aromatic heterocycles. The van der Waals surface area contributed by atoms with Crippen molar-refractivity contribution in [2.75, 3.05) is 19.1 Å². The first-order valence-corrected chi connectivity index (χ1v) is 10.3. The van der Waals surface area contributed by atoms with Gasteiger partial charge >= 0.3 is 0 Å². The standard InChI is InChI=1S/C23H25N5O/c1-27(17-8-4-3-5-9-17)23-24-20-11-7-6-10-19(20)22-26-25-21(28(22)23)16-12-14-18(29-2)15-13-16/h6-7,10-15,17H,3-5,8-9H2,1-2H3. The van der Waals surface area contributed by atoms with Crippen molar-refractivity contribution in [3.05, 3.63) is 48.5 Å². The Bertz CT molecular complexity index is 1150. The van der Waals surface area contributed by atoms with Crippen LogP contribution in [0.4, 0.5) is 5.95 Å². The molecule has 1 aliphatic rings. The number of rotatable bonds is 4. The van der Waals surface area contributed by atoms with Crippen molar-refractivity contribution in [1.29, 1.82) is 0 Å². The molecule has 1 saturated carbocycles. The second-order valence-corrected chi connectivity index (χ2v) is 7.74. The third-order valence-electron chi connectivity index (χ3n) is 6.01. The van der Waals surface area contributed by atoms with E-state index in [9.17, 15) is 0 Å². The van der Waals surface area contributed by atoms with Gasteiger partial charge in [-0.15, -0.1) is 10.2 Å². The molecule has 0 atom stereocenters. The van der Waals surface area contributed by atoms with Crippen molar-refractivity contribution in [2.24, 2.45) is 0 Å². The maximum Gasteiger partial charge on any atom is 0.213 e. The van der Waals surface area contributed by atoms with E-state index >= 15 is 0 Å². The fourth-order valence-electron chi connectivity index (χ4n) is 4.36. The molecule has 0 spiro atoms. The summed E-state index contributed by atoms with van der Waals surface area (Å²) < 4.78 is 7.42. The van der Waals surface area contributed by atoms with Crippen LogP contribution in [0.2, 0.25) is 0 Å². The summed E-state index contributed by atoms with van der Waals surface area (Å²) in [6, 6.07) is 16.6. The van der Waals surface area contributed by atoms with Crippen molar-refractivity contribution < 1.29 is 4.74 Å². The summed E-state index contributed by atoms with van der Waals surface area (Å²) in [4.78, 5) is 7.38. The molecule has 0 saturated heterocycles. The molecular weight excluding hydrogens is 362 g/mol. The molecule has 1 fully saturated rings. The molecule has 0 bridgehead atoms. The van der Waals surface area contributed by atoms with Gasteiger partial charge in [-0.05, 0) is 49.2 Å². The van der Waals surface area contributed by atoms with E-state index in [1.165, 1.54) is 32.1 Å². The molecule has 0 radical (unpaired) electrons. The van der Waals surface area contributed by atoms with E-state index in [-0.39, 0.29) is 0 Å². The van der Waals surface area contributed by atoms with Crippen molar-refractivity contribution >= 4 is 22.5 Å². The lowest BCUT2D eigenvalue weighted by atomic mass is 9.95. The highest BCUT2D eigenvalue weighted by molar-refractivity contribution is 5.93. The zero-order valence-electron chi connectivity index (χ0n) is 16.9. The number of ether oxygens (including phenoxy) is 1. The summed E-state index contributed by atoms with van der Waals surface area (Å²) in [5.74, 6) is 2.53. The number of aromatic nitrogens is 4. The number of hydrogen-bond acceptors (Lipinski definition) is 5. The van der Waals surface area contributed by atoms with Gasteiger partial charge in [-0.3, -0.25) is 0 Å². The number of methoxy groups -OCH3 is 1. The predicted molar refractivity (Wildman–Crippen MR) is 116 cm³/mol. The lowest BCUT2D eigenvalue weighted by Crippen LogP contribution is -2.35. The lowest BCUT2D eigenvalue weighted by molar-refractivity contribution is 0.415. The fourth-order valence-corrected chi connectivity index (χ4v) is 4.36. The minimum absolute atomic E-state index is 0.492. The van der Waals surface area contributed by atoms with Crippen LogP contribution in [0.5, 0.6) is 5.75 Å². The smallest absolute Gasteiger partial charge is 0.213 e. The number of para-hydroxylation sites is 1. The molecule has 2 heterocycles. The highest BCUT2D eigenvalue weighted by Crippen LogP contribution is 2.31. The van der Waals surface area contributed by atoms with Gasteiger partial charge in [-0.25, -0.2) is 9.38 Å². The normalized spacial score (nSPS) is 15.1. The largest absolute Gasteiger partial charge is 0.497 e. The molecule has 0 unspecified atom stereocenters. The molecule has 0 aliphatic heterocycles. The number of nitrogens with zero attached hydrogens (tertiary/aromatic N) is 5. The van der Waals surface area contributed by atoms with E-state index in [1.807, 2.05) is 36.4 Å². The monoisotopic (exact) mass is 387 g/mol. The lowest BCUT2D eigenvalue weighted by Gasteiger charge is -2.32. The zero-order chi connectivity index (χ0) is 19.8. The topological polar surface area (TPSA) is 55.6 Å². The van der Waals surface area contributed by atoms with E-state index < -0.39 is 0 Å². The average molecular weight is 387 g/mol. The Morgan fingerprint density at radius 3 is 2.48 bits per heavy atom. The Kier molecular flexibility index (Phi) is 4.54. The van der Waals surface area contributed by atoms with Crippen LogP contribution >= 0.6 is 0 Å². The van der Waals surface area contributed by atoms with Crippen molar-refractivity contribution in [3.8, 4) is 17.1 Å². The Labute approximate surface area is 170 Å². The zero-order valence-corrected chi connectivity index (χ0v) is 16.9. The van der Waals surface area contributed by atoms with Crippen LogP contribution in [0.25, 0.3) is 27.9 Å². The second kappa shape index (κ2) is 7.35. The minimum Gasteiger partial charge on any atom is -0.497 e. The Balaban J connectivity index is 1.73. The van der Waals surface area contributed by atoms with Crippen molar-refractivity contribution in [1.82, 2.24) is 19.6 Å². The van der Waals surface area contributed by atoms with Gasteiger partial charge in [0.15, 0.2) is 11.5 Å². The van der Waals surface area contributed by atoms with Crippen molar-refractivity contribution in [3.63, 3.8) is 0 Å². The molecule has 4 aromatic rings. The summed E-state index contributed by atoms with van der Waals surface area (Å²) in [7, 11) is 3.83. The molecule has 2 aromatic carbocycles. The summed E-state index contributed by atoms with van der Waals surface area (Å²) in [5, 5.41) is 10.1. The maximum absolute atomic E-state index is 5.31. The van der Waals surface area contributed by atoms with Crippen LogP contribution in [0, 0.1) is 0 Å². The van der Waals surface area contributed by atoms with Crippen LogP contribution < -0.4 is 9.64 Å². The molecule has 5 rings (SSSR count). The number of fused-ring (bicyclic) bond motifs is 3. The minimum atomic E-state index is 0.492. The van der Waals surface area contributed by atoms with Crippen LogP contribution in [0.3, 0.4) is 0 Å². The van der Waals surface area contributed by atoms with E-state index in [0.717, 1.165) is 39.6 Å². The summed E-state index contributed by atoms with van der Waals surface area (Å²) in [6.45, 7) is 0. The molecule has 1 aliphatic carbocycles. The summed E-state index contributed by atoms with van der Waals surface area (Å²) in [5.41, 5.74) is 2.79. The molecule has 6 heteroatoms. The van der Waals surface area contributed by atoms with Crippen LogP contribution in [-0.4, -0.2) is 39.8 Å². The first-order chi connectivity index (χ1) is 14.3. The highest BCUT2D eigenvalue weighted by Gasteiger charge is 2.24. The van der Waals surface area contributed by atoms with E-state index in [0.29, 0.717) is 6.04 Å². The molecule has 0 N–H and O–H groups in total. The Morgan fingerprint density at radius 2 is 1.72 bits per heavy atom. The van der Waals surface area contributed by atoms with Gasteiger partial charge in [0.1, 0.15) is 5.75 Å². The average Bonchev–Trinajstić information content (AvgIpc) is 3.24. The highest BCUT2D eigenvalue weighted by atomic mass is 16.5. The SMILES string of the molecule is COc1ccc(-c2nnc3c4ccccc4nc(N(C)C4CCCCC4)n23)cc1. The predicted octanol–water partition coefficient (Wildman–Crippen LogP) is 4.72. The summed E-state index contributed by atoms with van der Waals surface area (Å²) >= 11 is 0. The summed E-state index contributed by atoms with van der Waals surface area (Å²) in [6.07, 6.45) is 6.28. The van der Waals surface area contributed by atoms with Gasteiger partial charge in [0.25, 0.3) is 0 Å². The Hall–Kier alpha value is -3.15. The second-order valence-electron chi connectivity index (χ2n) is 7.74. The van der Waals surface area contributed by atoms with Gasteiger partial charge in [-0.2, -0.15) is 0 Å². The van der Waals surface area contributed by atoms with E-state index in [1.54, 1.807) is 7.11 Å². The van der Waals surface area contributed by atoms with Gasteiger partial charge in [-0.1, -0.05) is 31.4 Å². The molecular formula is C23H25N5O. The Morgan fingerprint density at radius 1 is 0.966 bits per heavy atom. The van der Waals surface area contributed by atoms with Gasteiger partial charge in [0, 0.05) is 24.0 Å². The fraction of sp³-hybridized carbons (Fsp3) is 0.348. The van der Waals surface area contributed by atoms with Gasteiger partial charge in [0.05, 0.1) is 12.6 Å². The van der Waals surface area contributed by atoms with Crippen LogP contribution in [0.15, 0.2) is 48.5 Å². The number of hydrogen-bond donors (Lipinski definition) is 0. The van der Waals surface area contributed by atoms with Crippen LogP contribution in [0.1, 0.15) is 32.1 Å². The van der Waals surface area contributed by atoms with E-state index in [4.69, 9.17) is 9.72 Å². The van der Waals surface area contributed by atoms with Crippen molar-refractivity contribution in [2.45, 2.75) is 38.1 Å². The van der Waals surface area contributed by atoms with E-state index in [2.05, 4.69) is 38.7 Å². The third kappa shape index (κ3) is 3.09. The maximum atomic E-state index is 5.31. The molecule has 148 valence electrons. The molecule has 29 heavy (non-hydrogen) atoms.